The first-order valence-corrected chi connectivity index (χ1v) is 8.48. The minimum atomic E-state index is -0.444. The first kappa shape index (κ1) is 15.7. The van der Waals surface area contributed by atoms with Crippen LogP contribution in [0, 0.1) is 17.0 Å². The summed E-state index contributed by atoms with van der Waals surface area (Å²) >= 11 is 1.17. The van der Waals surface area contributed by atoms with Crippen LogP contribution >= 0.6 is 11.3 Å². The highest BCUT2D eigenvalue weighted by Gasteiger charge is 2.22. The summed E-state index contributed by atoms with van der Waals surface area (Å²) < 4.78 is 0. The quantitative estimate of drug-likeness (QED) is 0.684. The number of benzene rings is 1. The van der Waals surface area contributed by atoms with Gasteiger partial charge in [-0.15, -0.1) is 11.3 Å². The Morgan fingerprint density at radius 1 is 1.43 bits per heavy atom. The van der Waals surface area contributed by atoms with Crippen LogP contribution in [0.2, 0.25) is 0 Å². The van der Waals surface area contributed by atoms with Crippen molar-refractivity contribution in [3.63, 3.8) is 0 Å². The van der Waals surface area contributed by atoms with Gasteiger partial charge in [0.15, 0.2) is 0 Å². The normalized spacial score (nSPS) is 16.7. The van der Waals surface area contributed by atoms with E-state index in [1.54, 1.807) is 6.92 Å². The Balaban J connectivity index is 1.68. The van der Waals surface area contributed by atoms with Gasteiger partial charge >= 0.3 is 0 Å². The molecule has 5 nitrogen and oxygen atoms in total. The van der Waals surface area contributed by atoms with Crippen molar-refractivity contribution in [1.82, 2.24) is 5.32 Å². The third kappa shape index (κ3) is 3.27. The summed E-state index contributed by atoms with van der Waals surface area (Å²) in [5.41, 5.74) is 2.69. The molecule has 3 rings (SSSR count). The van der Waals surface area contributed by atoms with Crippen LogP contribution in [0.3, 0.4) is 0 Å². The molecule has 6 heteroatoms. The number of hydrogen-bond donors (Lipinski definition) is 1. The van der Waals surface area contributed by atoms with Crippen LogP contribution in [0.25, 0.3) is 0 Å². The number of nitrogens with one attached hydrogen (secondary N) is 1. The van der Waals surface area contributed by atoms with E-state index in [2.05, 4.69) is 17.4 Å². The zero-order chi connectivity index (χ0) is 16.4. The van der Waals surface area contributed by atoms with E-state index in [9.17, 15) is 14.9 Å². The maximum absolute atomic E-state index is 12.3. The van der Waals surface area contributed by atoms with Crippen molar-refractivity contribution in [1.29, 1.82) is 0 Å². The standard InChI is InChI=1S/C17H18N2O3S/c1-11-15(19(21)22)9-16(23-11)17(20)18-10-13-7-4-6-12-5-2-3-8-14(12)13/h2-3,5,8-9,13H,4,6-7,10H2,1H3,(H,18,20). The van der Waals surface area contributed by atoms with E-state index in [1.165, 1.54) is 28.5 Å². The first-order chi connectivity index (χ1) is 11.1. The molecule has 1 aromatic carbocycles. The highest BCUT2D eigenvalue weighted by Crippen LogP contribution is 2.31. The Kier molecular flexibility index (Phi) is 4.43. The van der Waals surface area contributed by atoms with E-state index in [1.807, 2.05) is 12.1 Å². The molecule has 0 bridgehead atoms. The summed E-state index contributed by atoms with van der Waals surface area (Å²) in [4.78, 5) is 23.7. The third-order valence-corrected chi connectivity index (χ3v) is 5.35. The van der Waals surface area contributed by atoms with Crippen LogP contribution in [0.15, 0.2) is 30.3 Å². The van der Waals surface area contributed by atoms with E-state index in [0.717, 1.165) is 19.3 Å². The number of fused-ring (bicyclic) bond motifs is 1. The summed E-state index contributed by atoms with van der Waals surface area (Å²) in [6.07, 6.45) is 3.28. The molecule has 1 aliphatic carbocycles. The average Bonchev–Trinajstić information content (AvgIpc) is 2.95. The maximum Gasteiger partial charge on any atom is 0.283 e. The van der Waals surface area contributed by atoms with Crippen LogP contribution in [-0.4, -0.2) is 17.4 Å². The molecule has 0 spiro atoms. The second kappa shape index (κ2) is 6.50. The van der Waals surface area contributed by atoms with E-state index in [4.69, 9.17) is 0 Å². The Labute approximate surface area is 138 Å². The summed E-state index contributed by atoms with van der Waals surface area (Å²) in [6.45, 7) is 2.23. The van der Waals surface area contributed by atoms with Gasteiger partial charge in [-0.3, -0.25) is 14.9 Å². The predicted molar refractivity (Wildman–Crippen MR) is 90.2 cm³/mol. The fraction of sp³-hybridized carbons (Fsp3) is 0.353. The van der Waals surface area contributed by atoms with Crippen LogP contribution in [0.5, 0.6) is 0 Å². The van der Waals surface area contributed by atoms with Gasteiger partial charge < -0.3 is 5.32 Å². The number of amides is 1. The molecule has 23 heavy (non-hydrogen) atoms. The van der Waals surface area contributed by atoms with Crippen molar-refractivity contribution in [2.45, 2.75) is 32.1 Å². The van der Waals surface area contributed by atoms with Crippen LogP contribution in [0.4, 0.5) is 5.69 Å². The lowest BCUT2D eigenvalue weighted by molar-refractivity contribution is -0.385. The SMILES string of the molecule is Cc1sc(C(=O)NCC2CCCc3ccccc32)cc1[N+](=O)[O-]. The molecule has 1 heterocycles. The minimum Gasteiger partial charge on any atom is -0.351 e. The number of hydrogen-bond acceptors (Lipinski definition) is 4. The largest absolute Gasteiger partial charge is 0.351 e. The smallest absolute Gasteiger partial charge is 0.283 e. The van der Waals surface area contributed by atoms with Gasteiger partial charge in [0.2, 0.25) is 0 Å². The Bertz CT molecular complexity index is 754. The molecule has 0 aliphatic heterocycles. The Morgan fingerprint density at radius 3 is 2.96 bits per heavy atom. The number of nitro groups is 1. The van der Waals surface area contributed by atoms with E-state index >= 15 is 0 Å². The number of rotatable bonds is 4. The molecule has 0 saturated heterocycles. The molecule has 1 aliphatic rings. The zero-order valence-corrected chi connectivity index (χ0v) is 13.7. The van der Waals surface area contributed by atoms with Crippen LogP contribution in [0.1, 0.15) is 44.4 Å². The minimum absolute atomic E-state index is 0.0168. The van der Waals surface area contributed by atoms with Crippen molar-refractivity contribution in [2.75, 3.05) is 6.54 Å². The molecule has 0 saturated carbocycles. The number of carbonyl (C=O) groups excluding carboxylic acids is 1. The molecule has 2 aromatic rings. The van der Waals surface area contributed by atoms with Crippen LogP contribution < -0.4 is 5.32 Å². The average molecular weight is 330 g/mol. The predicted octanol–water partition coefficient (Wildman–Crippen LogP) is 3.81. The maximum atomic E-state index is 12.3. The highest BCUT2D eigenvalue weighted by atomic mass is 32.1. The summed E-state index contributed by atoms with van der Waals surface area (Å²) in [5, 5.41) is 13.8. The number of nitrogens with zero attached hydrogens (tertiary/aromatic N) is 1. The van der Waals surface area contributed by atoms with Gasteiger partial charge in [-0.2, -0.15) is 0 Å². The van der Waals surface area contributed by atoms with E-state index in [0.29, 0.717) is 22.2 Å². The van der Waals surface area contributed by atoms with Gasteiger partial charge in [-0.05, 0) is 37.3 Å². The molecule has 1 N–H and O–H groups in total. The second-order valence-corrected chi connectivity index (χ2v) is 7.06. The molecule has 1 atom stereocenters. The van der Waals surface area contributed by atoms with Gasteiger partial charge in [-0.25, -0.2) is 0 Å². The zero-order valence-electron chi connectivity index (χ0n) is 12.9. The van der Waals surface area contributed by atoms with E-state index < -0.39 is 4.92 Å². The van der Waals surface area contributed by atoms with Crippen molar-refractivity contribution < 1.29 is 9.72 Å². The molecular formula is C17H18N2O3S. The van der Waals surface area contributed by atoms with E-state index in [-0.39, 0.29) is 11.6 Å². The lowest BCUT2D eigenvalue weighted by Gasteiger charge is -2.25. The lowest BCUT2D eigenvalue weighted by atomic mass is 9.83. The first-order valence-electron chi connectivity index (χ1n) is 7.67. The summed E-state index contributed by atoms with van der Waals surface area (Å²) in [5.74, 6) is 0.0919. The topological polar surface area (TPSA) is 72.2 Å². The fourth-order valence-corrected chi connectivity index (χ4v) is 4.04. The van der Waals surface area contributed by atoms with Gasteiger partial charge in [0, 0.05) is 18.5 Å². The number of aryl methyl sites for hydroxylation is 2. The molecule has 1 aromatic heterocycles. The second-order valence-electron chi connectivity index (χ2n) is 5.81. The van der Waals surface area contributed by atoms with Gasteiger partial charge in [0.05, 0.1) is 14.7 Å². The monoisotopic (exact) mass is 330 g/mol. The summed E-state index contributed by atoms with van der Waals surface area (Å²) in [7, 11) is 0. The van der Waals surface area contributed by atoms with Crippen molar-refractivity contribution in [2.24, 2.45) is 0 Å². The van der Waals surface area contributed by atoms with Crippen LogP contribution in [-0.2, 0) is 6.42 Å². The molecule has 1 unspecified atom stereocenters. The number of thiophene rings is 1. The summed E-state index contributed by atoms with van der Waals surface area (Å²) in [6, 6.07) is 9.73. The Hall–Kier alpha value is -2.21. The molecule has 1 amide bonds. The van der Waals surface area contributed by atoms with Gasteiger partial charge in [0.25, 0.3) is 11.6 Å². The van der Waals surface area contributed by atoms with Gasteiger partial charge in [0.1, 0.15) is 0 Å². The number of carbonyl (C=O) groups is 1. The van der Waals surface area contributed by atoms with Crippen molar-refractivity contribution >= 4 is 22.9 Å². The fourth-order valence-electron chi connectivity index (χ4n) is 3.14. The van der Waals surface area contributed by atoms with Crippen molar-refractivity contribution in [3.8, 4) is 0 Å². The molecular weight excluding hydrogens is 312 g/mol. The Morgan fingerprint density at radius 2 is 2.22 bits per heavy atom. The highest BCUT2D eigenvalue weighted by molar-refractivity contribution is 7.14. The molecule has 0 radical (unpaired) electrons. The van der Waals surface area contributed by atoms with Gasteiger partial charge in [-0.1, -0.05) is 24.3 Å². The third-order valence-electron chi connectivity index (χ3n) is 4.31. The molecule has 120 valence electrons. The van der Waals surface area contributed by atoms with Crippen molar-refractivity contribution in [3.05, 3.63) is 61.3 Å². The lowest BCUT2D eigenvalue weighted by Crippen LogP contribution is -2.29. The molecule has 0 fully saturated rings.